The second-order valence-electron chi connectivity index (χ2n) is 14.3. The van der Waals surface area contributed by atoms with Crippen molar-refractivity contribution < 1.29 is 23.9 Å². The summed E-state index contributed by atoms with van der Waals surface area (Å²) in [5.41, 5.74) is 3.58. The summed E-state index contributed by atoms with van der Waals surface area (Å²) in [4.78, 5) is 52.3. The molecule has 13 nitrogen and oxygen atoms in total. The minimum absolute atomic E-state index is 0.0461. The van der Waals surface area contributed by atoms with Crippen LogP contribution in [0.3, 0.4) is 0 Å². The number of alkyl carbamates (subject to hydrolysis) is 1. The Kier molecular flexibility index (Phi) is 10.8. The first-order valence-electron chi connectivity index (χ1n) is 17.5. The molecule has 2 aromatic heterocycles. The largest absolute Gasteiger partial charge is 0.475 e. The van der Waals surface area contributed by atoms with E-state index in [4.69, 9.17) is 14.5 Å². The second-order valence-corrected chi connectivity index (χ2v) is 14.3. The quantitative estimate of drug-likeness (QED) is 0.152. The van der Waals surface area contributed by atoms with Crippen LogP contribution in [0.2, 0.25) is 0 Å². The average Bonchev–Trinajstić information content (AvgIpc) is 3.10. The van der Waals surface area contributed by atoms with Crippen LogP contribution in [-0.2, 0) is 20.9 Å². The van der Waals surface area contributed by atoms with Gasteiger partial charge in [0.25, 0.3) is 5.91 Å². The zero-order valence-electron chi connectivity index (χ0n) is 30.1. The Morgan fingerprint density at radius 2 is 1.83 bits per heavy atom. The van der Waals surface area contributed by atoms with Crippen molar-refractivity contribution in [3.05, 3.63) is 96.8 Å². The fourth-order valence-electron chi connectivity index (χ4n) is 6.48. The van der Waals surface area contributed by atoms with E-state index in [-0.39, 0.29) is 36.0 Å². The number of ether oxygens (including phenoxy) is 2. The molecular weight excluding hydrogens is 660 g/mol. The number of carbonyl (C=O) groups excluding carboxylic acids is 3. The summed E-state index contributed by atoms with van der Waals surface area (Å²) < 4.78 is 11.4. The lowest BCUT2D eigenvalue weighted by molar-refractivity contribution is -0.120. The van der Waals surface area contributed by atoms with Gasteiger partial charge in [-0.1, -0.05) is 43.3 Å². The Morgan fingerprint density at radius 3 is 2.60 bits per heavy atom. The lowest BCUT2D eigenvalue weighted by Crippen LogP contribution is -2.51. The predicted octanol–water partition coefficient (Wildman–Crippen LogP) is 5.66. The smallest absolute Gasteiger partial charge is 0.407 e. The lowest BCUT2D eigenvalue weighted by atomic mass is 9.95. The molecule has 52 heavy (non-hydrogen) atoms. The summed E-state index contributed by atoms with van der Waals surface area (Å²) >= 11 is 0. The molecule has 4 aromatic rings. The summed E-state index contributed by atoms with van der Waals surface area (Å²) in [6.45, 7) is 14.7. The fourth-order valence-corrected chi connectivity index (χ4v) is 6.48. The van der Waals surface area contributed by atoms with Gasteiger partial charge in [-0.2, -0.15) is 0 Å². The number of nitrogens with one attached hydrogen (secondary N) is 4. The number of hydrogen-bond donors (Lipinski definition) is 4. The van der Waals surface area contributed by atoms with Crippen molar-refractivity contribution >= 4 is 51.6 Å². The SMILES string of the molecule is C=C(Nc1cc2ccc(N3CCNC(=O)C3)cc2nc1C(=O)Nc1cnccc1N1C[C@H](C)C[C@H](NC(=O)OC(C)(C)C)C1)OCc1ccccc1. The maximum absolute atomic E-state index is 14.2. The van der Waals surface area contributed by atoms with E-state index in [9.17, 15) is 14.4 Å². The molecule has 2 aliphatic heterocycles. The van der Waals surface area contributed by atoms with E-state index >= 15 is 0 Å². The zero-order chi connectivity index (χ0) is 36.8. The molecule has 13 heteroatoms. The first kappa shape index (κ1) is 36.0. The monoisotopic (exact) mass is 706 g/mol. The maximum atomic E-state index is 14.2. The molecule has 2 fully saturated rings. The highest BCUT2D eigenvalue weighted by molar-refractivity contribution is 6.09. The second kappa shape index (κ2) is 15.6. The number of amides is 3. The molecule has 6 rings (SSSR count). The molecule has 0 bridgehead atoms. The average molecular weight is 707 g/mol. The molecule has 272 valence electrons. The summed E-state index contributed by atoms with van der Waals surface area (Å²) in [5.74, 6) is -0.00524. The van der Waals surface area contributed by atoms with E-state index in [2.05, 4.69) is 44.7 Å². The molecule has 2 aromatic carbocycles. The van der Waals surface area contributed by atoms with Gasteiger partial charge in [-0.25, -0.2) is 9.78 Å². The van der Waals surface area contributed by atoms with Gasteiger partial charge in [0, 0.05) is 49.5 Å². The van der Waals surface area contributed by atoms with E-state index in [1.165, 1.54) is 0 Å². The number of piperazine rings is 1. The zero-order valence-corrected chi connectivity index (χ0v) is 30.1. The Labute approximate surface area is 303 Å². The molecule has 3 amide bonds. The highest BCUT2D eigenvalue weighted by Gasteiger charge is 2.30. The van der Waals surface area contributed by atoms with Crippen molar-refractivity contribution in [3.63, 3.8) is 0 Å². The van der Waals surface area contributed by atoms with E-state index in [1.54, 1.807) is 12.4 Å². The van der Waals surface area contributed by atoms with Gasteiger partial charge >= 0.3 is 6.09 Å². The minimum atomic E-state index is -0.608. The van der Waals surface area contributed by atoms with Crippen LogP contribution < -0.4 is 31.1 Å². The van der Waals surface area contributed by atoms with E-state index in [1.807, 2.05) is 86.3 Å². The number of benzene rings is 2. The standard InChI is InChI=1S/C39H46N8O5/c1-25-17-29(43-38(50)52-39(3,4)5)22-47(21-25)34-13-14-40-20-33(34)45-37(49)36-32(42-26(2)51-24-27-9-7-6-8-10-27)18-28-11-12-30(19-31(28)44-36)46-16-15-41-35(48)23-46/h6-14,18-20,25,29,42H,2,15-17,21-24H2,1,3-5H3,(H,41,48)(H,43,50)(H,45,49)/t25-,29+/m1/s1. The number of aromatic nitrogens is 2. The van der Waals surface area contributed by atoms with Gasteiger partial charge in [0.05, 0.1) is 35.3 Å². The Balaban J connectivity index is 1.27. The summed E-state index contributed by atoms with van der Waals surface area (Å²) in [6.07, 6.45) is 3.62. The summed E-state index contributed by atoms with van der Waals surface area (Å²) in [5, 5.41) is 12.9. The van der Waals surface area contributed by atoms with Crippen molar-refractivity contribution in [1.29, 1.82) is 0 Å². The van der Waals surface area contributed by atoms with Gasteiger partial charge in [-0.15, -0.1) is 0 Å². The minimum Gasteiger partial charge on any atom is -0.475 e. The van der Waals surface area contributed by atoms with Crippen molar-refractivity contribution in [3.8, 4) is 0 Å². The molecule has 0 saturated carbocycles. The molecule has 2 atom stereocenters. The fraction of sp³-hybridized carbons (Fsp3) is 0.359. The molecule has 0 spiro atoms. The number of fused-ring (bicyclic) bond motifs is 1. The van der Waals surface area contributed by atoms with Gasteiger partial charge in [0.2, 0.25) is 5.91 Å². The topological polar surface area (TPSA) is 150 Å². The van der Waals surface area contributed by atoms with Crippen molar-refractivity contribution in [1.82, 2.24) is 20.6 Å². The van der Waals surface area contributed by atoms with E-state index < -0.39 is 17.6 Å². The number of nitrogens with zero attached hydrogens (tertiary/aromatic N) is 4. The van der Waals surface area contributed by atoms with Crippen molar-refractivity contribution in [2.75, 3.05) is 53.2 Å². The van der Waals surface area contributed by atoms with Crippen LogP contribution in [0.1, 0.15) is 50.2 Å². The summed E-state index contributed by atoms with van der Waals surface area (Å²) in [7, 11) is 0. The number of hydrogen-bond acceptors (Lipinski definition) is 10. The third kappa shape index (κ3) is 9.27. The van der Waals surface area contributed by atoms with Crippen LogP contribution >= 0.6 is 0 Å². The third-order valence-electron chi connectivity index (χ3n) is 8.72. The molecule has 0 unspecified atom stereocenters. The van der Waals surface area contributed by atoms with E-state index in [0.29, 0.717) is 43.1 Å². The molecule has 0 aliphatic carbocycles. The summed E-state index contributed by atoms with van der Waals surface area (Å²) in [6, 6.07) is 19.0. The number of carbonyl (C=O) groups is 3. The number of pyridine rings is 2. The van der Waals surface area contributed by atoms with E-state index in [0.717, 1.165) is 35.3 Å². The van der Waals surface area contributed by atoms with Crippen LogP contribution in [0, 0.1) is 5.92 Å². The van der Waals surface area contributed by atoms with Crippen LogP contribution in [0.15, 0.2) is 85.5 Å². The number of rotatable bonds is 10. The molecule has 4 N–H and O–H groups in total. The normalized spacial score (nSPS) is 17.6. The Hall–Kier alpha value is -5.85. The van der Waals surface area contributed by atoms with Gasteiger partial charge in [0.15, 0.2) is 11.6 Å². The van der Waals surface area contributed by atoms with Gasteiger partial charge < -0.3 is 40.5 Å². The molecule has 0 radical (unpaired) electrons. The Bertz CT molecular complexity index is 1950. The number of piperidine rings is 1. The first-order valence-corrected chi connectivity index (χ1v) is 17.5. The highest BCUT2D eigenvalue weighted by Crippen LogP contribution is 2.32. The Morgan fingerprint density at radius 1 is 1.02 bits per heavy atom. The first-order chi connectivity index (χ1) is 24.9. The van der Waals surface area contributed by atoms with Gasteiger partial charge in [-0.05, 0) is 69.5 Å². The molecule has 2 saturated heterocycles. The third-order valence-corrected chi connectivity index (χ3v) is 8.72. The highest BCUT2D eigenvalue weighted by atomic mass is 16.6. The lowest BCUT2D eigenvalue weighted by Gasteiger charge is -2.39. The van der Waals surface area contributed by atoms with Crippen LogP contribution in [0.25, 0.3) is 10.9 Å². The molecule has 4 heterocycles. The molecule has 2 aliphatic rings. The van der Waals surface area contributed by atoms with Crippen LogP contribution in [-0.4, -0.2) is 72.2 Å². The molecular formula is C39H46N8O5. The van der Waals surface area contributed by atoms with Gasteiger partial charge in [0.1, 0.15) is 12.2 Å². The van der Waals surface area contributed by atoms with Crippen LogP contribution in [0.4, 0.5) is 27.5 Å². The van der Waals surface area contributed by atoms with Gasteiger partial charge in [-0.3, -0.25) is 14.6 Å². The predicted molar refractivity (Wildman–Crippen MR) is 202 cm³/mol. The van der Waals surface area contributed by atoms with Crippen molar-refractivity contribution in [2.24, 2.45) is 5.92 Å². The van der Waals surface area contributed by atoms with Crippen molar-refractivity contribution in [2.45, 2.75) is 52.4 Å². The van der Waals surface area contributed by atoms with Crippen LogP contribution in [0.5, 0.6) is 0 Å². The number of anilines is 4. The maximum Gasteiger partial charge on any atom is 0.407 e.